The smallest absolute Gasteiger partial charge is 0.269 e. The first-order valence-electron chi connectivity index (χ1n) is 7.01. The molecule has 0 fully saturated rings. The number of hydrogen-bond donors (Lipinski definition) is 1. The minimum Gasteiger partial charge on any atom is -0.324 e. The van der Waals surface area contributed by atoms with E-state index in [0.29, 0.717) is 22.0 Å². The maximum absolute atomic E-state index is 12.3. The van der Waals surface area contributed by atoms with E-state index in [1.54, 1.807) is 45.0 Å². The molecule has 1 aromatic heterocycles. The summed E-state index contributed by atoms with van der Waals surface area (Å²) in [5.74, 6) is -0.353. The summed E-state index contributed by atoms with van der Waals surface area (Å²) in [5.41, 5.74) is 2.20. The number of aryl methyl sites for hydroxylation is 2. The Morgan fingerprint density at radius 2 is 2.04 bits per heavy atom. The summed E-state index contributed by atoms with van der Waals surface area (Å²) in [5, 5.41) is 12.4. The van der Waals surface area contributed by atoms with Crippen molar-refractivity contribution >= 4 is 23.2 Å². The van der Waals surface area contributed by atoms with Gasteiger partial charge in [0.25, 0.3) is 5.56 Å². The van der Waals surface area contributed by atoms with E-state index >= 15 is 0 Å². The van der Waals surface area contributed by atoms with Crippen molar-refractivity contribution in [3.05, 3.63) is 62.0 Å². The third-order valence-corrected chi connectivity index (χ3v) is 4.07. The summed E-state index contributed by atoms with van der Waals surface area (Å²) in [6, 6.07) is 8.82. The summed E-state index contributed by atoms with van der Waals surface area (Å²) in [6.45, 7) is 5.07. The highest BCUT2D eigenvalue weighted by molar-refractivity contribution is 6.31. The first kappa shape index (κ1) is 16.8. The highest BCUT2D eigenvalue weighted by Crippen LogP contribution is 2.22. The average Bonchev–Trinajstić information content (AvgIpc) is 2.48. The van der Waals surface area contributed by atoms with Gasteiger partial charge in [0.1, 0.15) is 18.2 Å². The van der Waals surface area contributed by atoms with E-state index in [1.807, 2.05) is 6.07 Å². The number of carbonyl (C=O) groups excluding carboxylic acids is 1. The van der Waals surface area contributed by atoms with Crippen LogP contribution in [0, 0.1) is 32.1 Å². The number of benzene rings is 1. The van der Waals surface area contributed by atoms with Crippen molar-refractivity contribution in [1.29, 1.82) is 5.26 Å². The summed E-state index contributed by atoms with van der Waals surface area (Å²) in [7, 11) is 0. The first-order valence-corrected chi connectivity index (χ1v) is 7.39. The van der Waals surface area contributed by atoms with Gasteiger partial charge in [-0.1, -0.05) is 17.7 Å². The van der Waals surface area contributed by atoms with Crippen LogP contribution in [0.25, 0.3) is 0 Å². The number of nitrogens with one attached hydrogen (secondary N) is 1. The number of pyridine rings is 1. The van der Waals surface area contributed by atoms with Crippen molar-refractivity contribution in [3.63, 3.8) is 0 Å². The van der Waals surface area contributed by atoms with Crippen molar-refractivity contribution in [2.24, 2.45) is 0 Å². The molecule has 1 N–H and O–H groups in total. The van der Waals surface area contributed by atoms with Crippen LogP contribution in [0.5, 0.6) is 0 Å². The molecule has 0 aliphatic carbocycles. The number of aromatic nitrogens is 1. The van der Waals surface area contributed by atoms with Gasteiger partial charge in [0.15, 0.2) is 0 Å². The van der Waals surface area contributed by atoms with Crippen molar-refractivity contribution in [1.82, 2.24) is 4.57 Å². The minimum absolute atomic E-state index is 0.0577. The Hall–Kier alpha value is -2.58. The van der Waals surface area contributed by atoms with E-state index in [0.717, 1.165) is 5.56 Å². The predicted octanol–water partition coefficient (Wildman–Crippen LogP) is 2.94. The fourth-order valence-electron chi connectivity index (χ4n) is 2.34. The number of nitriles is 1. The van der Waals surface area contributed by atoms with Gasteiger partial charge < -0.3 is 9.88 Å². The Kier molecular flexibility index (Phi) is 4.87. The minimum atomic E-state index is -0.456. The van der Waals surface area contributed by atoms with E-state index < -0.39 is 5.56 Å². The summed E-state index contributed by atoms with van der Waals surface area (Å²) in [6.07, 6.45) is 0. The van der Waals surface area contributed by atoms with Gasteiger partial charge in [-0.3, -0.25) is 9.59 Å². The summed E-state index contributed by atoms with van der Waals surface area (Å²) < 4.78 is 1.29. The second kappa shape index (κ2) is 6.67. The predicted molar refractivity (Wildman–Crippen MR) is 89.7 cm³/mol. The molecule has 0 aliphatic heterocycles. The van der Waals surface area contributed by atoms with Crippen LogP contribution < -0.4 is 10.9 Å². The standard InChI is InChI=1S/C17H16ClN3O2/c1-10-7-11(2)21(17(23)13(10)8-19)9-16(22)20-15-6-4-5-14(18)12(15)3/h4-7H,9H2,1-3H3,(H,20,22). The third kappa shape index (κ3) is 3.43. The van der Waals surface area contributed by atoms with Gasteiger partial charge in [-0.2, -0.15) is 5.26 Å². The Balaban J connectivity index is 2.30. The van der Waals surface area contributed by atoms with Gasteiger partial charge in [-0.15, -0.1) is 0 Å². The number of halogens is 1. The molecule has 0 saturated carbocycles. The molecule has 0 spiro atoms. The molecule has 2 aromatic rings. The molecule has 0 radical (unpaired) electrons. The molecule has 0 aliphatic rings. The van der Waals surface area contributed by atoms with Gasteiger partial charge in [0.05, 0.1) is 0 Å². The third-order valence-electron chi connectivity index (χ3n) is 3.66. The monoisotopic (exact) mass is 329 g/mol. The van der Waals surface area contributed by atoms with Crippen LogP contribution in [-0.4, -0.2) is 10.5 Å². The zero-order valence-corrected chi connectivity index (χ0v) is 13.9. The van der Waals surface area contributed by atoms with Gasteiger partial charge in [0.2, 0.25) is 5.91 Å². The Morgan fingerprint density at radius 3 is 2.70 bits per heavy atom. The van der Waals surface area contributed by atoms with Gasteiger partial charge in [0, 0.05) is 16.4 Å². The van der Waals surface area contributed by atoms with Gasteiger partial charge >= 0.3 is 0 Å². The molecule has 0 unspecified atom stereocenters. The van der Waals surface area contributed by atoms with E-state index in [-0.39, 0.29) is 18.0 Å². The zero-order valence-electron chi connectivity index (χ0n) is 13.1. The fourth-order valence-corrected chi connectivity index (χ4v) is 2.51. The number of hydrogen-bond acceptors (Lipinski definition) is 3. The molecule has 0 bridgehead atoms. The molecule has 6 heteroatoms. The highest BCUT2D eigenvalue weighted by Gasteiger charge is 2.13. The summed E-state index contributed by atoms with van der Waals surface area (Å²) >= 11 is 6.02. The average molecular weight is 330 g/mol. The summed E-state index contributed by atoms with van der Waals surface area (Å²) in [4.78, 5) is 24.5. The normalized spacial score (nSPS) is 10.2. The SMILES string of the molecule is Cc1cc(C)n(CC(=O)Nc2cccc(Cl)c2C)c(=O)c1C#N. The zero-order chi connectivity index (χ0) is 17.1. The number of rotatable bonds is 3. The lowest BCUT2D eigenvalue weighted by Crippen LogP contribution is -2.31. The molecule has 118 valence electrons. The molecule has 0 atom stereocenters. The lowest BCUT2D eigenvalue weighted by atomic mass is 10.1. The molecule has 1 heterocycles. The van der Waals surface area contributed by atoms with Crippen LogP contribution in [0.3, 0.4) is 0 Å². The number of anilines is 1. The molecule has 1 aromatic carbocycles. The quantitative estimate of drug-likeness (QED) is 0.940. The van der Waals surface area contributed by atoms with E-state index in [4.69, 9.17) is 16.9 Å². The second-order valence-electron chi connectivity index (χ2n) is 5.31. The van der Waals surface area contributed by atoms with Crippen LogP contribution in [-0.2, 0) is 11.3 Å². The van der Waals surface area contributed by atoms with Crippen molar-refractivity contribution < 1.29 is 4.79 Å². The van der Waals surface area contributed by atoms with Crippen molar-refractivity contribution in [3.8, 4) is 6.07 Å². The van der Waals surface area contributed by atoms with Crippen molar-refractivity contribution in [2.45, 2.75) is 27.3 Å². The second-order valence-corrected chi connectivity index (χ2v) is 5.71. The van der Waals surface area contributed by atoms with Crippen LogP contribution in [0.2, 0.25) is 5.02 Å². The molecule has 23 heavy (non-hydrogen) atoms. The largest absolute Gasteiger partial charge is 0.324 e. The van der Waals surface area contributed by atoms with Gasteiger partial charge in [-0.25, -0.2) is 0 Å². The Bertz CT molecular complexity index is 879. The van der Waals surface area contributed by atoms with Crippen LogP contribution >= 0.6 is 11.6 Å². The number of amides is 1. The first-order chi connectivity index (χ1) is 10.8. The molecular weight excluding hydrogens is 314 g/mol. The Labute approximate surface area is 139 Å². The highest BCUT2D eigenvalue weighted by atomic mass is 35.5. The number of nitrogens with zero attached hydrogens (tertiary/aromatic N) is 2. The lowest BCUT2D eigenvalue weighted by Gasteiger charge is -2.13. The number of carbonyl (C=O) groups is 1. The molecular formula is C17H16ClN3O2. The topological polar surface area (TPSA) is 74.9 Å². The lowest BCUT2D eigenvalue weighted by molar-refractivity contribution is -0.116. The maximum Gasteiger partial charge on any atom is 0.269 e. The maximum atomic E-state index is 12.3. The fraction of sp³-hybridized carbons (Fsp3) is 0.235. The van der Waals surface area contributed by atoms with Crippen LogP contribution in [0.4, 0.5) is 5.69 Å². The van der Waals surface area contributed by atoms with Gasteiger partial charge in [-0.05, 0) is 50.1 Å². The van der Waals surface area contributed by atoms with E-state index in [1.165, 1.54) is 4.57 Å². The van der Waals surface area contributed by atoms with Crippen molar-refractivity contribution in [2.75, 3.05) is 5.32 Å². The van der Waals surface area contributed by atoms with Crippen LogP contribution in [0.1, 0.15) is 22.4 Å². The molecule has 0 saturated heterocycles. The molecule has 5 nitrogen and oxygen atoms in total. The van der Waals surface area contributed by atoms with E-state index in [9.17, 15) is 9.59 Å². The Morgan fingerprint density at radius 1 is 1.35 bits per heavy atom. The van der Waals surface area contributed by atoms with E-state index in [2.05, 4.69) is 5.32 Å². The molecule has 2 rings (SSSR count). The molecule has 1 amide bonds. The van der Waals surface area contributed by atoms with Crippen LogP contribution in [0.15, 0.2) is 29.1 Å².